The molecule has 1 aliphatic heterocycles. The van der Waals surface area contributed by atoms with Crippen LogP contribution in [0.15, 0.2) is 49.1 Å². The molecule has 0 aliphatic carbocycles. The minimum atomic E-state index is -0.367. The van der Waals surface area contributed by atoms with Gasteiger partial charge in [0.1, 0.15) is 23.3 Å². The van der Waals surface area contributed by atoms with Crippen LogP contribution < -0.4 is 9.62 Å². The van der Waals surface area contributed by atoms with Crippen LogP contribution in [0.2, 0.25) is 0 Å². The predicted molar refractivity (Wildman–Crippen MR) is 68.2 cm³/mol. The van der Waals surface area contributed by atoms with Crippen LogP contribution in [0.5, 0.6) is 0 Å². The minimum Gasteiger partial charge on any atom is -0.358 e. The summed E-state index contributed by atoms with van der Waals surface area (Å²) in [6, 6.07) is 5.16. The van der Waals surface area contributed by atoms with Gasteiger partial charge >= 0.3 is 7.55 Å². The molecule has 3 rings (SSSR count). The van der Waals surface area contributed by atoms with E-state index in [2.05, 4.69) is 9.97 Å². The number of nitrogens with zero attached hydrogens (tertiary/aromatic N) is 4. The Hall–Kier alpha value is -1.79. The molecular formula is C12H8BF2IrN4. The first-order chi connectivity index (χ1) is 9.22. The van der Waals surface area contributed by atoms with Gasteiger partial charge in [-0.1, -0.05) is 0 Å². The number of hydrogen-bond donors (Lipinski definition) is 0. The summed E-state index contributed by atoms with van der Waals surface area (Å²) >= 11 is 0. The molecule has 2 aromatic rings. The molecule has 0 fully saturated rings. The van der Waals surface area contributed by atoms with Crippen molar-refractivity contribution in [3.05, 3.63) is 60.7 Å². The molecule has 0 aromatic carbocycles. The van der Waals surface area contributed by atoms with E-state index < -0.39 is 0 Å². The normalized spacial score (nSPS) is 13.1. The number of pyridine rings is 2. The molecule has 0 N–H and O–H groups in total. The maximum absolute atomic E-state index is 13.1. The summed E-state index contributed by atoms with van der Waals surface area (Å²) in [6.45, 7) is 0. The van der Waals surface area contributed by atoms with Gasteiger partial charge in [-0.15, -0.1) is 0 Å². The number of rotatable bonds is 2. The van der Waals surface area contributed by atoms with Crippen molar-refractivity contribution in [1.29, 1.82) is 0 Å². The van der Waals surface area contributed by atoms with Crippen molar-refractivity contribution in [2.45, 2.75) is 0 Å². The summed E-state index contributed by atoms with van der Waals surface area (Å²) in [5.74, 6) is 0.147. The third-order valence-corrected chi connectivity index (χ3v) is 2.58. The van der Waals surface area contributed by atoms with Crippen molar-refractivity contribution in [3.8, 4) is 0 Å². The minimum absolute atomic E-state index is 0. The van der Waals surface area contributed by atoms with E-state index in [-0.39, 0.29) is 31.7 Å². The van der Waals surface area contributed by atoms with E-state index >= 15 is 0 Å². The van der Waals surface area contributed by atoms with Crippen molar-refractivity contribution in [3.63, 3.8) is 0 Å². The molecule has 2 aromatic heterocycles. The standard InChI is InChI=1S/C12H8BF2N4.Ir/c14-9-1-3-16-11(7-9)18-5-6-19(13-18)12-8-10(15)2-4-17-12;/h1-8H;. The second-order valence-corrected chi connectivity index (χ2v) is 3.89. The van der Waals surface area contributed by atoms with Gasteiger partial charge in [0.15, 0.2) is 0 Å². The quantitative estimate of drug-likeness (QED) is 0.658. The van der Waals surface area contributed by atoms with E-state index in [9.17, 15) is 8.78 Å². The van der Waals surface area contributed by atoms with Crippen LogP contribution in [0.1, 0.15) is 0 Å². The van der Waals surface area contributed by atoms with Crippen molar-refractivity contribution in [2.75, 3.05) is 9.62 Å². The molecule has 0 bridgehead atoms. The van der Waals surface area contributed by atoms with Crippen LogP contribution in [0, 0.1) is 11.6 Å². The summed E-state index contributed by atoms with van der Waals surface area (Å²) < 4.78 is 26.2. The second kappa shape index (κ2) is 6.11. The molecule has 4 nitrogen and oxygen atoms in total. The molecule has 0 spiro atoms. The topological polar surface area (TPSA) is 32.3 Å². The molecule has 0 amide bonds. The first-order valence-corrected chi connectivity index (χ1v) is 5.55. The fourth-order valence-corrected chi connectivity index (χ4v) is 1.70. The summed E-state index contributed by atoms with van der Waals surface area (Å²) in [4.78, 5) is 11.3. The molecular weight excluding hydrogens is 441 g/mol. The SMILES string of the molecule is Fc1ccnc(N2[B]N(c3cc(F)ccn3)C=C2)c1.[Ir]. The average molecular weight is 449 g/mol. The van der Waals surface area contributed by atoms with Crippen LogP contribution in [0.4, 0.5) is 20.4 Å². The van der Waals surface area contributed by atoms with Gasteiger partial charge in [-0.3, -0.25) is 0 Å². The predicted octanol–water partition coefficient (Wildman–Crippen LogP) is 2.08. The Bertz CT molecular complexity index is 587. The third kappa shape index (κ3) is 3.03. The third-order valence-electron chi connectivity index (χ3n) is 2.58. The Balaban J connectivity index is 0.00000147. The zero-order valence-corrected chi connectivity index (χ0v) is 12.5. The van der Waals surface area contributed by atoms with Crippen molar-refractivity contribution < 1.29 is 28.9 Å². The van der Waals surface area contributed by atoms with Crippen molar-refractivity contribution in [1.82, 2.24) is 9.97 Å². The maximum atomic E-state index is 13.1. The van der Waals surface area contributed by atoms with Gasteiger partial charge in [0, 0.05) is 57.0 Å². The van der Waals surface area contributed by atoms with Gasteiger partial charge in [-0.25, -0.2) is 18.7 Å². The molecule has 0 atom stereocenters. The average Bonchev–Trinajstić information content (AvgIpc) is 2.88. The number of anilines is 2. The van der Waals surface area contributed by atoms with E-state index in [1.807, 2.05) is 0 Å². The van der Waals surface area contributed by atoms with Gasteiger partial charge in [0.05, 0.1) is 0 Å². The summed E-state index contributed by atoms with van der Waals surface area (Å²) in [5.41, 5.74) is 0. The smallest absolute Gasteiger partial charge is 0.358 e. The van der Waals surface area contributed by atoms with E-state index in [0.29, 0.717) is 11.6 Å². The van der Waals surface area contributed by atoms with Gasteiger partial charge < -0.3 is 9.62 Å². The molecule has 2 radical (unpaired) electrons. The first-order valence-electron chi connectivity index (χ1n) is 5.55. The summed E-state index contributed by atoms with van der Waals surface area (Å²) in [7, 11) is 1.64. The van der Waals surface area contributed by atoms with E-state index in [4.69, 9.17) is 0 Å². The van der Waals surface area contributed by atoms with Crippen LogP contribution in [-0.4, -0.2) is 17.5 Å². The molecule has 0 saturated heterocycles. The fraction of sp³-hybridized carbons (Fsp3) is 0. The molecule has 3 heterocycles. The molecule has 102 valence electrons. The Kier molecular flexibility index (Phi) is 4.47. The van der Waals surface area contributed by atoms with Crippen LogP contribution >= 0.6 is 0 Å². The van der Waals surface area contributed by atoms with Gasteiger partial charge in [-0.2, -0.15) is 0 Å². The van der Waals surface area contributed by atoms with Crippen molar-refractivity contribution >= 4 is 19.2 Å². The van der Waals surface area contributed by atoms with Crippen molar-refractivity contribution in [2.24, 2.45) is 0 Å². The van der Waals surface area contributed by atoms with E-state index in [1.165, 1.54) is 36.7 Å². The number of aromatic nitrogens is 2. The van der Waals surface area contributed by atoms with Gasteiger partial charge in [0.25, 0.3) is 0 Å². The molecule has 1 aliphatic rings. The Morgan fingerprint density at radius 2 is 1.30 bits per heavy atom. The largest absolute Gasteiger partial charge is 0.402 e. The number of hydrogen-bond acceptors (Lipinski definition) is 4. The van der Waals surface area contributed by atoms with Crippen LogP contribution in [0.3, 0.4) is 0 Å². The van der Waals surface area contributed by atoms with Gasteiger partial charge in [0.2, 0.25) is 0 Å². The van der Waals surface area contributed by atoms with E-state index in [1.54, 1.807) is 29.6 Å². The number of halogens is 2. The second-order valence-electron chi connectivity index (χ2n) is 3.89. The zero-order valence-electron chi connectivity index (χ0n) is 10.1. The van der Waals surface area contributed by atoms with Crippen LogP contribution in [-0.2, 0) is 20.1 Å². The monoisotopic (exact) mass is 450 g/mol. The first kappa shape index (κ1) is 14.6. The summed E-state index contributed by atoms with van der Waals surface area (Å²) in [6.07, 6.45) is 6.15. The molecule has 20 heavy (non-hydrogen) atoms. The zero-order chi connectivity index (χ0) is 13.2. The molecule has 0 saturated carbocycles. The Labute approximate surface area is 128 Å². The Morgan fingerprint density at radius 3 is 1.70 bits per heavy atom. The molecule has 0 unspecified atom stereocenters. The molecule has 8 heteroatoms. The summed E-state index contributed by atoms with van der Waals surface area (Å²) in [5, 5.41) is 0. The maximum Gasteiger partial charge on any atom is 0.402 e. The van der Waals surface area contributed by atoms with Crippen LogP contribution in [0.25, 0.3) is 0 Å². The fourth-order valence-electron chi connectivity index (χ4n) is 1.70. The van der Waals surface area contributed by atoms with Gasteiger partial charge in [-0.05, 0) is 12.1 Å². The Morgan fingerprint density at radius 1 is 0.850 bits per heavy atom. The van der Waals surface area contributed by atoms with E-state index in [0.717, 1.165) is 0 Å².